The van der Waals surface area contributed by atoms with Gasteiger partial charge in [0.2, 0.25) is 0 Å². The maximum atomic E-state index is 4.02. The van der Waals surface area contributed by atoms with Crippen LogP contribution < -0.4 is 4.98 Å². The summed E-state index contributed by atoms with van der Waals surface area (Å²) in [4.78, 5) is 4.02. The molecule has 212 valence electrons. The van der Waals surface area contributed by atoms with Crippen molar-refractivity contribution < 1.29 is 0 Å². The zero-order chi connectivity index (χ0) is 27.0. The second kappa shape index (κ2) is 17.7. The Hall–Kier alpha value is -0.863. The molecule has 0 bridgehead atoms. The summed E-state index contributed by atoms with van der Waals surface area (Å²) in [5.74, 6) is 0. The van der Waals surface area contributed by atoms with Gasteiger partial charge < -0.3 is 4.98 Å². The number of hydrogen-bond acceptors (Lipinski definition) is 1. The highest BCUT2D eigenvalue weighted by molar-refractivity contribution is 6.77. The van der Waals surface area contributed by atoms with Crippen molar-refractivity contribution in [1.29, 1.82) is 0 Å². The lowest BCUT2D eigenvalue weighted by Crippen LogP contribution is -2.57. The first kappa shape index (κ1) is 32.3. The molecule has 1 aromatic carbocycles. The number of allylic oxidation sites excluding steroid dienone is 2. The van der Waals surface area contributed by atoms with Crippen LogP contribution in [0, 0.1) is 0 Å². The van der Waals surface area contributed by atoms with Gasteiger partial charge in [-0.05, 0) is 50.3 Å². The van der Waals surface area contributed by atoms with Crippen LogP contribution in [0.4, 0.5) is 0 Å². The number of rotatable bonds is 21. The summed E-state index contributed by atoms with van der Waals surface area (Å²) in [5.41, 5.74) is 5.50. The summed E-state index contributed by atoms with van der Waals surface area (Å²) in [7, 11) is -1.62. The Morgan fingerprint density at radius 3 is 1.54 bits per heavy atom. The number of unbranched alkanes of at least 4 members (excludes halogenated alkanes) is 17. The first-order valence-corrected chi connectivity index (χ1v) is 19.4. The molecule has 0 aromatic heterocycles. The molecule has 0 radical (unpaired) electrons. The van der Waals surface area contributed by atoms with E-state index in [2.05, 4.69) is 76.1 Å². The van der Waals surface area contributed by atoms with Crippen LogP contribution in [0.25, 0.3) is 5.57 Å². The third-order valence-electron chi connectivity index (χ3n) is 8.28. The molecule has 0 fully saturated rings. The molecule has 1 N–H and O–H groups in total. The van der Waals surface area contributed by atoms with Crippen molar-refractivity contribution >= 4 is 13.8 Å². The highest BCUT2D eigenvalue weighted by Crippen LogP contribution is 2.42. The summed E-state index contributed by atoms with van der Waals surface area (Å²) >= 11 is 0. The van der Waals surface area contributed by atoms with Gasteiger partial charge in [0.25, 0.3) is 0 Å². The first-order valence-electron chi connectivity index (χ1n) is 16.3. The molecule has 1 atom stereocenters. The van der Waals surface area contributed by atoms with Crippen molar-refractivity contribution in [3.63, 3.8) is 0 Å². The number of benzene rings is 1. The van der Waals surface area contributed by atoms with Gasteiger partial charge in [-0.3, -0.25) is 0 Å². The second-order valence-electron chi connectivity index (χ2n) is 13.6. The largest absolute Gasteiger partial charge is 0.332 e. The van der Waals surface area contributed by atoms with Gasteiger partial charge >= 0.3 is 0 Å². The lowest BCUT2D eigenvalue weighted by atomic mass is 9.99. The van der Waals surface area contributed by atoms with Gasteiger partial charge in [-0.15, -0.1) is 0 Å². The molecule has 0 amide bonds. The summed E-state index contributed by atoms with van der Waals surface area (Å²) in [6.07, 6.45) is 29.9. The fourth-order valence-electron chi connectivity index (χ4n) is 6.52. The average Bonchev–Trinajstić information content (AvgIpc) is 3.21. The molecule has 1 nitrogen and oxygen atoms in total. The number of hydrogen-bond donors (Lipinski definition) is 1. The molecule has 1 aliphatic carbocycles. The molecule has 0 heterocycles. The molecule has 1 aromatic rings. The van der Waals surface area contributed by atoms with Crippen LogP contribution in [0.1, 0.15) is 166 Å². The zero-order valence-corrected chi connectivity index (χ0v) is 26.9. The Morgan fingerprint density at radius 1 is 0.649 bits per heavy atom. The Kier molecular flexibility index (Phi) is 15.4. The molecule has 0 saturated carbocycles. The summed E-state index contributed by atoms with van der Waals surface area (Å²) in [6.45, 7) is 14.3. The third kappa shape index (κ3) is 13.2. The van der Waals surface area contributed by atoms with E-state index in [-0.39, 0.29) is 5.54 Å². The molecule has 0 saturated heterocycles. The van der Waals surface area contributed by atoms with E-state index in [1.807, 2.05) is 0 Å². The molecule has 0 aliphatic heterocycles. The fourth-order valence-corrected chi connectivity index (χ4v) is 10.3. The van der Waals surface area contributed by atoms with Gasteiger partial charge in [-0.1, -0.05) is 160 Å². The summed E-state index contributed by atoms with van der Waals surface area (Å²) < 4.78 is 0. The van der Waals surface area contributed by atoms with Crippen LogP contribution in [0.15, 0.2) is 30.3 Å². The van der Waals surface area contributed by atoms with E-state index < -0.39 is 8.24 Å². The highest BCUT2D eigenvalue weighted by atomic mass is 28.3. The van der Waals surface area contributed by atoms with Gasteiger partial charge in [0, 0.05) is 11.1 Å². The van der Waals surface area contributed by atoms with E-state index in [0.717, 1.165) is 0 Å². The van der Waals surface area contributed by atoms with Crippen LogP contribution in [0.3, 0.4) is 0 Å². The maximum absolute atomic E-state index is 4.02. The summed E-state index contributed by atoms with van der Waals surface area (Å²) in [6, 6.07) is 9.23. The Balaban J connectivity index is 1.52. The number of nitrogens with one attached hydrogen (secondary N) is 1. The minimum absolute atomic E-state index is 0.175. The smallest absolute Gasteiger partial charge is 0.131 e. The van der Waals surface area contributed by atoms with Crippen LogP contribution >= 0.6 is 0 Å². The minimum atomic E-state index is -1.62. The zero-order valence-electron chi connectivity index (χ0n) is 25.9. The fraction of sp³-hybridized carbons (Fsp3) is 0.771. The molecule has 2 rings (SSSR count). The molecule has 2 heteroatoms. The first-order chi connectivity index (χ1) is 17.7. The Labute approximate surface area is 233 Å². The van der Waals surface area contributed by atoms with E-state index in [9.17, 15) is 0 Å². The molecule has 1 unspecified atom stereocenters. The van der Waals surface area contributed by atoms with Crippen LogP contribution in [0.2, 0.25) is 13.1 Å². The third-order valence-corrected chi connectivity index (χ3v) is 11.7. The predicted molar refractivity (Wildman–Crippen MR) is 171 cm³/mol. The molecule has 1 aliphatic rings. The molecule has 0 spiro atoms. The van der Waals surface area contributed by atoms with Crippen LogP contribution in [-0.4, -0.2) is 13.8 Å². The van der Waals surface area contributed by atoms with Crippen molar-refractivity contribution in [2.24, 2.45) is 0 Å². The van der Waals surface area contributed by atoms with Crippen molar-refractivity contribution in [3.05, 3.63) is 41.5 Å². The second-order valence-corrected chi connectivity index (χ2v) is 17.9. The molecular weight excluding hydrogens is 462 g/mol. The Morgan fingerprint density at radius 2 is 1.08 bits per heavy atom. The summed E-state index contributed by atoms with van der Waals surface area (Å²) in [5, 5.41) is 0. The maximum Gasteiger partial charge on any atom is 0.131 e. The lowest BCUT2D eigenvalue weighted by Gasteiger charge is -2.37. The molecule has 37 heavy (non-hydrogen) atoms. The van der Waals surface area contributed by atoms with Crippen molar-refractivity contribution in [1.82, 2.24) is 4.98 Å². The lowest BCUT2D eigenvalue weighted by molar-refractivity contribution is 0.509. The minimum Gasteiger partial charge on any atom is -0.332 e. The quantitative estimate of drug-likeness (QED) is 0.124. The number of fused-ring (bicyclic) bond motifs is 1. The average molecular weight is 526 g/mol. The van der Waals surface area contributed by atoms with E-state index in [0.29, 0.717) is 5.54 Å². The van der Waals surface area contributed by atoms with E-state index in [1.165, 1.54) is 128 Å². The van der Waals surface area contributed by atoms with E-state index >= 15 is 0 Å². The predicted octanol–water partition coefficient (Wildman–Crippen LogP) is 11.7. The molecular formula is C35H63NSi. The Bertz CT molecular complexity index is 757. The van der Waals surface area contributed by atoms with Crippen molar-refractivity contribution in [2.75, 3.05) is 0 Å². The van der Waals surface area contributed by atoms with Gasteiger partial charge in [0.1, 0.15) is 8.24 Å². The highest BCUT2D eigenvalue weighted by Gasteiger charge is 2.39. The van der Waals surface area contributed by atoms with Crippen LogP contribution in [-0.2, 0) is 0 Å². The topological polar surface area (TPSA) is 12.0 Å². The van der Waals surface area contributed by atoms with Gasteiger partial charge in [0.05, 0.1) is 0 Å². The van der Waals surface area contributed by atoms with Crippen LogP contribution in [0.5, 0.6) is 0 Å². The van der Waals surface area contributed by atoms with Crippen molar-refractivity contribution in [3.8, 4) is 0 Å². The monoisotopic (exact) mass is 525 g/mol. The SMILES string of the molecule is CCCCCCCCCCCCCCCCCCCCC1=CC([Si](C)(C)NC(C)(C)C)c2ccccc21. The van der Waals surface area contributed by atoms with Gasteiger partial charge in [-0.2, -0.15) is 0 Å². The van der Waals surface area contributed by atoms with Gasteiger partial charge in [-0.25, -0.2) is 0 Å². The van der Waals surface area contributed by atoms with E-state index in [1.54, 1.807) is 11.1 Å². The van der Waals surface area contributed by atoms with Crippen molar-refractivity contribution in [2.45, 2.75) is 174 Å². The van der Waals surface area contributed by atoms with Gasteiger partial charge in [0.15, 0.2) is 0 Å². The normalized spacial score (nSPS) is 15.7. The standard InChI is InChI=1S/C35H63NSi/c1-7-8-9-10-11-12-13-14-15-16-17-18-19-20-21-22-23-24-27-31-30-34(33-29-26-25-28-32(31)33)37(5,6)36-35(2,3)4/h25-26,28-30,34,36H,7-24,27H2,1-6H3. The van der Waals surface area contributed by atoms with E-state index in [4.69, 9.17) is 0 Å².